The van der Waals surface area contributed by atoms with Crippen LogP contribution in [0.25, 0.3) is 0 Å². The number of halogens is 2. The van der Waals surface area contributed by atoms with Gasteiger partial charge in [-0.2, -0.15) is 0 Å². The predicted octanol–water partition coefficient (Wildman–Crippen LogP) is 4.37. The van der Waals surface area contributed by atoms with E-state index in [9.17, 15) is 0 Å². The summed E-state index contributed by atoms with van der Waals surface area (Å²) >= 11 is 10.9. The first kappa shape index (κ1) is 12.2. The highest BCUT2D eigenvalue weighted by Crippen LogP contribution is 2.37. The molecule has 0 saturated heterocycles. The fourth-order valence-electron chi connectivity index (χ4n) is 1.58. The lowest BCUT2D eigenvalue weighted by molar-refractivity contribution is 0.509. The number of thiophene rings is 1. The lowest BCUT2D eigenvalue weighted by Crippen LogP contribution is -2.10. The maximum Gasteiger partial charge on any atom is 0.108 e. The SMILES string of the molecule is CCc1occc1C(N)c1cc(Cl)c(Br)s1. The quantitative estimate of drug-likeness (QED) is 0.912. The third-order valence-corrected chi connectivity index (χ3v) is 4.96. The van der Waals surface area contributed by atoms with Crippen molar-refractivity contribution in [2.75, 3.05) is 0 Å². The third-order valence-electron chi connectivity index (χ3n) is 2.41. The minimum Gasteiger partial charge on any atom is -0.469 e. The highest BCUT2D eigenvalue weighted by atomic mass is 79.9. The molecular formula is C11H11BrClNOS. The van der Waals surface area contributed by atoms with Crippen molar-refractivity contribution in [1.82, 2.24) is 0 Å². The molecule has 2 rings (SSSR count). The van der Waals surface area contributed by atoms with Gasteiger partial charge in [-0.05, 0) is 28.1 Å². The van der Waals surface area contributed by atoms with Crippen molar-refractivity contribution in [2.24, 2.45) is 5.73 Å². The molecule has 2 aromatic rings. The van der Waals surface area contributed by atoms with E-state index in [-0.39, 0.29) is 6.04 Å². The van der Waals surface area contributed by atoms with E-state index in [1.807, 2.05) is 19.1 Å². The zero-order valence-electron chi connectivity index (χ0n) is 8.67. The largest absolute Gasteiger partial charge is 0.469 e. The van der Waals surface area contributed by atoms with Gasteiger partial charge in [0, 0.05) is 16.9 Å². The number of aryl methyl sites for hydroxylation is 1. The topological polar surface area (TPSA) is 39.2 Å². The Balaban J connectivity index is 2.35. The standard InChI is InChI=1S/C11H11BrClNOS/c1-2-8-6(3-4-15-8)10(14)9-5-7(13)11(12)16-9/h3-5,10H,2,14H2,1H3. The Morgan fingerprint density at radius 3 is 2.94 bits per heavy atom. The van der Waals surface area contributed by atoms with E-state index in [1.165, 1.54) is 0 Å². The smallest absolute Gasteiger partial charge is 0.108 e. The molecule has 1 atom stereocenters. The molecule has 1 unspecified atom stereocenters. The van der Waals surface area contributed by atoms with Crippen LogP contribution in [0.15, 0.2) is 26.6 Å². The second kappa shape index (κ2) is 4.92. The summed E-state index contributed by atoms with van der Waals surface area (Å²) in [5.74, 6) is 0.938. The molecule has 0 aromatic carbocycles. The third kappa shape index (κ3) is 2.20. The van der Waals surface area contributed by atoms with Crippen molar-refractivity contribution in [3.63, 3.8) is 0 Å². The van der Waals surface area contributed by atoms with Crippen LogP contribution in [0, 0.1) is 0 Å². The Labute approximate surface area is 112 Å². The molecule has 0 saturated carbocycles. The van der Waals surface area contributed by atoms with Gasteiger partial charge in [-0.15, -0.1) is 11.3 Å². The number of furan rings is 1. The molecule has 0 aliphatic rings. The first-order chi connectivity index (χ1) is 7.63. The number of hydrogen-bond donors (Lipinski definition) is 1. The van der Waals surface area contributed by atoms with Crippen LogP contribution in [0.3, 0.4) is 0 Å². The van der Waals surface area contributed by atoms with E-state index < -0.39 is 0 Å². The van der Waals surface area contributed by atoms with Crippen LogP contribution in [0.5, 0.6) is 0 Å². The van der Waals surface area contributed by atoms with Gasteiger partial charge in [0.2, 0.25) is 0 Å². The Hall–Kier alpha value is -0.290. The van der Waals surface area contributed by atoms with E-state index in [1.54, 1.807) is 17.6 Å². The van der Waals surface area contributed by atoms with Crippen molar-refractivity contribution in [3.05, 3.63) is 43.4 Å². The fraction of sp³-hybridized carbons (Fsp3) is 0.273. The molecule has 0 bridgehead atoms. The fourth-order valence-corrected chi connectivity index (χ4v) is 3.35. The van der Waals surface area contributed by atoms with Gasteiger partial charge in [-0.1, -0.05) is 18.5 Å². The van der Waals surface area contributed by atoms with Gasteiger partial charge < -0.3 is 10.2 Å². The van der Waals surface area contributed by atoms with Crippen LogP contribution in [0.2, 0.25) is 5.02 Å². The van der Waals surface area contributed by atoms with Crippen molar-refractivity contribution < 1.29 is 4.42 Å². The summed E-state index contributed by atoms with van der Waals surface area (Å²) in [4.78, 5) is 1.04. The molecule has 0 aliphatic carbocycles. The summed E-state index contributed by atoms with van der Waals surface area (Å²) in [5, 5.41) is 0.706. The van der Waals surface area contributed by atoms with Gasteiger partial charge in [0.1, 0.15) is 5.76 Å². The van der Waals surface area contributed by atoms with E-state index in [0.717, 1.165) is 26.4 Å². The van der Waals surface area contributed by atoms with E-state index in [0.29, 0.717) is 5.02 Å². The normalized spacial score (nSPS) is 13.0. The maximum atomic E-state index is 6.19. The summed E-state index contributed by atoms with van der Waals surface area (Å²) in [6.07, 6.45) is 2.52. The van der Waals surface area contributed by atoms with Crippen LogP contribution in [-0.2, 0) is 6.42 Å². The van der Waals surface area contributed by atoms with Gasteiger partial charge in [0.05, 0.1) is 21.1 Å². The van der Waals surface area contributed by atoms with Crippen LogP contribution < -0.4 is 5.73 Å². The van der Waals surface area contributed by atoms with Crippen LogP contribution in [-0.4, -0.2) is 0 Å². The number of nitrogens with two attached hydrogens (primary N) is 1. The first-order valence-electron chi connectivity index (χ1n) is 4.90. The van der Waals surface area contributed by atoms with Gasteiger partial charge >= 0.3 is 0 Å². The molecule has 0 fully saturated rings. The predicted molar refractivity (Wildman–Crippen MR) is 71.1 cm³/mol. The van der Waals surface area contributed by atoms with Gasteiger partial charge in [-0.25, -0.2) is 0 Å². The van der Waals surface area contributed by atoms with E-state index in [2.05, 4.69) is 15.9 Å². The average Bonchev–Trinajstić information content (AvgIpc) is 2.85. The summed E-state index contributed by atoms with van der Waals surface area (Å²) in [7, 11) is 0. The Bertz CT molecular complexity index is 474. The van der Waals surface area contributed by atoms with Gasteiger partial charge in [-0.3, -0.25) is 0 Å². The average molecular weight is 321 g/mol. The molecule has 16 heavy (non-hydrogen) atoms. The van der Waals surface area contributed by atoms with Crippen LogP contribution >= 0.6 is 38.9 Å². The monoisotopic (exact) mass is 319 g/mol. The van der Waals surface area contributed by atoms with Crippen molar-refractivity contribution in [2.45, 2.75) is 19.4 Å². The molecule has 0 aliphatic heterocycles. The highest BCUT2D eigenvalue weighted by Gasteiger charge is 2.18. The molecule has 2 aromatic heterocycles. The minimum atomic E-state index is -0.164. The molecular weight excluding hydrogens is 310 g/mol. The number of hydrogen-bond acceptors (Lipinski definition) is 3. The Morgan fingerprint density at radius 1 is 1.62 bits per heavy atom. The number of rotatable bonds is 3. The second-order valence-electron chi connectivity index (χ2n) is 3.40. The van der Waals surface area contributed by atoms with Gasteiger partial charge in [0.15, 0.2) is 0 Å². The van der Waals surface area contributed by atoms with Crippen molar-refractivity contribution >= 4 is 38.9 Å². The zero-order chi connectivity index (χ0) is 11.7. The highest BCUT2D eigenvalue weighted by molar-refractivity contribution is 9.11. The second-order valence-corrected chi connectivity index (χ2v) is 6.21. The van der Waals surface area contributed by atoms with Gasteiger partial charge in [0.25, 0.3) is 0 Å². The Kier molecular flexibility index (Phi) is 3.74. The minimum absolute atomic E-state index is 0.164. The molecule has 0 radical (unpaired) electrons. The molecule has 86 valence electrons. The summed E-state index contributed by atoms with van der Waals surface area (Å²) in [5.41, 5.74) is 7.23. The summed E-state index contributed by atoms with van der Waals surface area (Å²) < 4.78 is 6.29. The van der Waals surface area contributed by atoms with Crippen molar-refractivity contribution in [1.29, 1.82) is 0 Å². The van der Waals surface area contributed by atoms with E-state index >= 15 is 0 Å². The maximum absolute atomic E-state index is 6.19. The first-order valence-corrected chi connectivity index (χ1v) is 6.88. The van der Waals surface area contributed by atoms with Crippen LogP contribution in [0.1, 0.15) is 29.2 Å². The molecule has 2 nitrogen and oxygen atoms in total. The molecule has 0 amide bonds. The van der Waals surface area contributed by atoms with E-state index in [4.69, 9.17) is 21.8 Å². The zero-order valence-corrected chi connectivity index (χ0v) is 11.8. The summed E-state index contributed by atoms with van der Waals surface area (Å²) in [6.45, 7) is 2.05. The molecule has 2 N–H and O–H groups in total. The molecule has 2 heterocycles. The molecule has 0 spiro atoms. The van der Waals surface area contributed by atoms with Crippen LogP contribution in [0.4, 0.5) is 0 Å². The lowest BCUT2D eigenvalue weighted by atomic mass is 10.1. The van der Waals surface area contributed by atoms with Crippen molar-refractivity contribution in [3.8, 4) is 0 Å². The molecule has 5 heteroatoms. The Morgan fingerprint density at radius 2 is 2.38 bits per heavy atom. The summed E-state index contributed by atoms with van der Waals surface area (Å²) in [6, 6.07) is 3.65. The lowest BCUT2D eigenvalue weighted by Gasteiger charge is -2.08.